The predicted molar refractivity (Wildman–Crippen MR) is 113 cm³/mol. The van der Waals surface area contributed by atoms with Crippen molar-refractivity contribution in [2.24, 2.45) is 5.73 Å². The Labute approximate surface area is 166 Å². The number of primary amides is 1. The van der Waals surface area contributed by atoms with Gasteiger partial charge in [-0.15, -0.1) is 0 Å². The Morgan fingerprint density at radius 3 is 2.31 bits per heavy atom. The van der Waals surface area contributed by atoms with Gasteiger partial charge in [0.25, 0.3) is 0 Å². The highest BCUT2D eigenvalue weighted by atomic mass is 16.3. The maximum absolute atomic E-state index is 11.6. The van der Waals surface area contributed by atoms with Gasteiger partial charge in [-0.3, -0.25) is 0 Å². The Kier molecular flexibility index (Phi) is 4.44. The van der Waals surface area contributed by atoms with E-state index in [0.29, 0.717) is 27.9 Å². The largest absolute Gasteiger partial charge is 0.508 e. The maximum atomic E-state index is 11.6. The Morgan fingerprint density at radius 2 is 1.55 bits per heavy atom. The molecule has 4 rings (SSSR count). The average molecular weight is 386 g/mol. The standard InChI is InChI=1S/C23H18N2O4/c24-23(29)25-18-7-3-6-17(16-10-9-14(26)12-20(16)28)21(18)22-15-5-2-1-4-13(15)8-11-19(22)27/h1-12,26-28H,(H3,24,25,29). The third kappa shape index (κ3) is 3.27. The lowest BCUT2D eigenvalue weighted by atomic mass is 9.89. The number of nitrogens with one attached hydrogen (secondary N) is 1. The molecule has 0 unspecified atom stereocenters. The number of phenolic OH excluding ortho intramolecular Hbond substituents is 3. The van der Waals surface area contributed by atoms with Crippen LogP contribution in [0.15, 0.2) is 72.8 Å². The number of phenols is 3. The molecule has 0 aromatic heterocycles. The molecule has 4 aromatic carbocycles. The number of fused-ring (bicyclic) bond motifs is 1. The van der Waals surface area contributed by atoms with Crippen LogP contribution in [0.2, 0.25) is 0 Å². The molecule has 0 saturated heterocycles. The number of amides is 2. The highest BCUT2D eigenvalue weighted by Crippen LogP contribution is 2.47. The molecule has 6 heteroatoms. The Bertz CT molecular complexity index is 1250. The topological polar surface area (TPSA) is 116 Å². The van der Waals surface area contributed by atoms with E-state index in [9.17, 15) is 20.1 Å². The van der Waals surface area contributed by atoms with E-state index in [4.69, 9.17) is 5.73 Å². The number of nitrogens with two attached hydrogens (primary N) is 1. The van der Waals surface area contributed by atoms with E-state index in [-0.39, 0.29) is 17.2 Å². The second-order valence-electron chi connectivity index (χ2n) is 6.60. The van der Waals surface area contributed by atoms with Crippen LogP contribution in [0.4, 0.5) is 10.5 Å². The van der Waals surface area contributed by atoms with Gasteiger partial charge in [-0.1, -0.05) is 42.5 Å². The van der Waals surface area contributed by atoms with Crippen LogP contribution in [0, 0.1) is 0 Å². The van der Waals surface area contributed by atoms with Gasteiger partial charge in [0.15, 0.2) is 0 Å². The van der Waals surface area contributed by atoms with Crippen LogP contribution in [-0.2, 0) is 0 Å². The van der Waals surface area contributed by atoms with Gasteiger partial charge in [0.05, 0.1) is 5.69 Å². The number of carbonyl (C=O) groups excluding carboxylic acids is 1. The van der Waals surface area contributed by atoms with Crippen molar-refractivity contribution >= 4 is 22.5 Å². The van der Waals surface area contributed by atoms with Crippen molar-refractivity contribution in [3.63, 3.8) is 0 Å². The molecular weight excluding hydrogens is 368 g/mol. The first kappa shape index (κ1) is 18.2. The molecule has 0 saturated carbocycles. The summed E-state index contributed by atoms with van der Waals surface area (Å²) >= 11 is 0. The van der Waals surface area contributed by atoms with E-state index < -0.39 is 6.03 Å². The first-order chi connectivity index (χ1) is 14.0. The van der Waals surface area contributed by atoms with Gasteiger partial charge < -0.3 is 26.4 Å². The fourth-order valence-corrected chi connectivity index (χ4v) is 3.55. The Balaban J connectivity index is 2.12. The molecule has 29 heavy (non-hydrogen) atoms. The molecule has 2 amide bonds. The minimum absolute atomic E-state index is 0.0157. The summed E-state index contributed by atoms with van der Waals surface area (Å²) in [5.41, 5.74) is 7.73. The van der Waals surface area contributed by atoms with Gasteiger partial charge >= 0.3 is 6.03 Å². The normalized spacial score (nSPS) is 10.8. The van der Waals surface area contributed by atoms with Crippen molar-refractivity contribution in [2.45, 2.75) is 0 Å². The zero-order chi connectivity index (χ0) is 20.5. The smallest absolute Gasteiger partial charge is 0.316 e. The summed E-state index contributed by atoms with van der Waals surface area (Å²) in [4.78, 5) is 11.6. The Hall–Kier alpha value is -4.19. The van der Waals surface area contributed by atoms with Crippen molar-refractivity contribution in [1.82, 2.24) is 0 Å². The third-order valence-corrected chi connectivity index (χ3v) is 4.75. The van der Waals surface area contributed by atoms with Crippen LogP contribution in [0.3, 0.4) is 0 Å². The number of hydrogen-bond donors (Lipinski definition) is 5. The van der Waals surface area contributed by atoms with Crippen molar-refractivity contribution in [3.8, 4) is 39.5 Å². The van der Waals surface area contributed by atoms with Crippen molar-refractivity contribution in [2.75, 3.05) is 5.32 Å². The molecule has 4 aromatic rings. The molecule has 0 aliphatic carbocycles. The van der Waals surface area contributed by atoms with Gasteiger partial charge in [-0.05, 0) is 40.6 Å². The van der Waals surface area contributed by atoms with Crippen molar-refractivity contribution in [3.05, 3.63) is 72.8 Å². The van der Waals surface area contributed by atoms with Gasteiger partial charge in [-0.25, -0.2) is 4.79 Å². The van der Waals surface area contributed by atoms with Crippen LogP contribution < -0.4 is 11.1 Å². The summed E-state index contributed by atoms with van der Waals surface area (Å²) in [6.45, 7) is 0. The average Bonchev–Trinajstić information content (AvgIpc) is 2.68. The molecule has 0 fully saturated rings. The molecule has 6 N–H and O–H groups in total. The highest BCUT2D eigenvalue weighted by Gasteiger charge is 2.20. The Morgan fingerprint density at radius 1 is 0.759 bits per heavy atom. The lowest BCUT2D eigenvalue weighted by molar-refractivity contribution is 0.259. The molecule has 0 aliphatic rings. The summed E-state index contributed by atoms with van der Waals surface area (Å²) in [7, 11) is 0. The van der Waals surface area contributed by atoms with Crippen LogP contribution >= 0.6 is 0 Å². The minimum Gasteiger partial charge on any atom is -0.508 e. The number of hydrogen-bond acceptors (Lipinski definition) is 4. The maximum Gasteiger partial charge on any atom is 0.316 e. The quantitative estimate of drug-likeness (QED) is 0.348. The summed E-state index contributed by atoms with van der Waals surface area (Å²) in [6.07, 6.45) is 0. The van der Waals surface area contributed by atoms with Crippen LogP contribution in [0.5, 0.6) is 17.2 Å². The van der Waals surface area contributed by atoms with Crippen LogP contribution in [0.1, 0.15) is 0 Å². The lowest BCUT2D eigenvalue weighted by Gasteiger charge is -2.19. The molecule has 6 nitrogen and oxygen atoms in total. The van der Waals surface area contributed by atoms with E-state index in [1.54, 1.807) is 36.4 Å². The van der Waals surface area contributed by atoms with Gasteiger partial charge in [0.1, 0.15) is 17.2 Å². The second kappa shape index (κ2) is 7.09. The highest BCUT2D eigenvalue weighted by molar-refractivity contribution is 6.09. The first-order valence-electron chi connectivity index (χ1n) is 8.88. The molecule has 0 spiro atoms. The van der Waals surface area contributed by atoms with E-state index >= 15 is 0 Å². The lowest BCUT2D eigenvalue weighted by Crippen LogP contribution is -2.19. The summed E-state index contributed by atoms with van der Waals surface area (Å²) in [6, 6.07) is 19.6. The monoisotopic (exact) mass is 386 g/mol. The molecule has 0 bridgehead atoms. The van der Waals surface area contributed by atoms with Crippen molar-refractivity contribution in [1.29, 1.82) is 0 Å². The van der Waals surface area contributed by atoms with Gasteiger partial charge in [0.2, 0.25) is 0 Å². The SMILES string of the molecule is NC(=O)Nc1cccc(-c2ccc(O)cc2O)c1-c1c(O)ccc2ccccc12. The molecule has 0 heterocycles. The van der Waals surface area contributed by atoms with E-state index in [1.807, 2.05) is 24.3 Å². The van der Waals surface area contributed by atoms with Gasteiger partial charge in [-0.2, -0.15) is 0 Å². The molecular formula is C23H18N2O4. The zero-order valence-corrected chi connectivity index (χ0v) is 15.3. The number of anilines is 1. The van der Waals surface area contributed by atoms with Crippen LogP contribution in [-0.4, -0.2) is 21.4 Å². The van der Waals surface area contributed by atoms with E-state index in [2.05, 4.69) is 5.32 Å². The fraction of sp³-hybridized carbons (Fsp3) is 0. The molecule has 0 atom stereocenters. The summed E-state index contributed by atoms with van der Waals surface area (Å²) in [5, 5.41) is 35.1. The first-order valence-corrected chi connectivity index (χ1v) is 8.88. The second-order valence-corrected chi connectivity index (χ2v) is 6.60. The van der Waals surface area contributed by atoms with E-state index in [0.717, 1.165) is 10.8 Å². The zero-order valence-electron chi connectivity index (χ0n) is 15.3. The van der Waals surface area contributed by atoms with Gasteiger partial charge in [0, 0.05) is 22.8 Å². The third-order valence-electron chi connectivity index (χ3n) is 4.75. The summed E-state index contributed by atoms with van der Waals surface area (Å²) < 4.78 is 0. The van der Waals surface area contributed by atoms with Crippen LogP contribution in [0.25, 0.3) is 33.0 Å². The number of rotatable bonds is 3. The number of urea groups is 1. The molecule has 144 valence electrons. The fourth-order valence-electron chi connectivity index (χ4n) is 3.55. The molecule has 0 radical (unpaired) electrons. The number of carbonyl (C=O) groups is 1. The predicted octanol–water partition coefficient (Wildman–Crippen LogP) is 4.78. The van der Waals surface area contributed by atoms with E-state index in [1.165, 1.54) is 12.1 Å². The number of benzene rings is 4. The number of aromatic hydroxyl groups is 3. The minimum atomic E-state index is -0.752. The van der Waals surface area contributed by atoms with Crippen molar-refractivity contribution < 1.29 is 20.1 Å². The summed E-state index contributed by atoms with van der Waals surface area (Å²) in [5.74, 6) is -0.198. The molecule has 0 aliphatic heterocycles.